The van der Waals surface area contributed by atoms with Gasteiger partial charge in [0.2, 0.25) is 0 Å². The first kappa shape index (κ1) is 17.5. The molecular weight excluding hydrogens is 328 g/mol. The van der Waals surface area contributed by atoms with E-state index in [2.05, 4.69) is 10.6 Å². The third-order valence-electron chi connectivity index (χ3n) is 6.69. The van der Waals surface area contributed by atoms with Crippen molar-refractivity contribution in [1.29, 1.82) is 0 Å². The first-order chi connectivity index (χ1) is 12.7. The summed E-state index contributed by atoms with van der Waals surface area (Å²) in [5, 5.41) is 6.33. The van der Waals surface area contributed by atoms with E-state index in [1.807, 2.05) is 18.2 Å². The minimum Gasteiger partial charge on any atom is -0.493 e. The zero-order chi connectivity index (χ0) is 18.1. The van der Waals surface area contributed by atoms with E-state index in [9.17, 15) is 4.79 Å². The number of para-hydroxylation sites is 1. The Kier molecular flexibility index (Phi) is 4.96. The maximum atomic E-state index is 12.4. The van der Waals surface area contributed by atoms with Gasteiger partial charge in [-0.15, -0.1) is 0 Å². The Labute approximate surface area is 155 Å². The van der Waals surface area contributed by atoms with Gasteiger partial charge in [-0.1, -0.05) is 12.1 Å². The number of nitrogens with one attached hydrogen (secondary N) is 2. The van der Waals surface area contributed by atoms with Crippen LogP contribution < -0.4 is 20.1 Å². The van der Waals surface area contributed by atoms with Gasteiger partial charge in [0, 0.05) is 12.6 Å². The molecule has 5 heteroatoms. The van der Waals surface area contributed by atoms with Crippen LogP contribution in [0.1, 0.15) is 37.7 Å². The van der Waals surface area contributed by atoms with Crippen molar-refractivity contribution in [3.05, 3.63) is 23.8 Å². The standard InChI is InChI=1S/C21H30N2O3/c1-25-18-5-3-4-15(20(18)26-2)6-7-22-21(24)23-19-16-9-13-8-14(11-16)12-17(19)10-13/h3-5,13-14,16-17,19H,6-12H2,1-2H3,(H2,22,23,24). The molecule has 4 fully saturated rings. The average Bonchev–Trinajstić information content (AvgIpc) is 2.63. The molecule has 142 valence electrons. The van der Waals surface area contributed by atoms with Gasteiger partial charge in [0.1, 0.15) is 0 Å². The van der Waals surface area contributed by atoms with Gasteiger partial charge in [0.05, 0.1) is 14.2 Å². The molecule has 0 atom stereocenters. The Hall–Kier alpha value is -1.91. The van der Waals surface area contributed by atoms with E-state index in [4.69, 9.17) is 9.47 Å². The van der Waals surface area contributed by atoms with Crippen molar-refractivity contribution >= 4 is 6.03 Å². The summed E-state index contributed by atoms with van der Waals surface area (Å²) in [5.41, 5.74) is 1.04. The minimum atomic E-state index is -0.0238. The van der Waals surface area contributed by atoms with Gasteiger partial charge in [-0.25, -0.2) is 4.79 Å². The van der Waals surface area contributed by atoms with Gasteiger partial charge >= 0.3 is 6.03 Å². The Morgan fingerprint density at radius 3 is 2.35 bits per heavy atom. The molecule has 1 aromatic rings. The van der Waals surface area contributed by atoms with E-state index in [0.29, 0.717) is 24.4 Å². The predicted molar refractivity (Wildman–Crippen MR) is 101 cm³/mol. The van der Waals surface area contributed by atoms with Crippen molar-refractivity contribution in [3.8, 4) is 11.5 Å². The van der Waals surface area contributed by atoms with Crippen molar-refractivity contribution in [3.63, 3.8) is 0 Å². The van der Waals surface area contributed by atoms with Crippen LogP contribution in [-0.4, -0.2) is 32.8 Å². The number of amides is 2. The highest BCUT2D eigenvalue weighted by Gasteiger charge is 2.48. The number of hydrogen-bond donors (Lipinski definition) is 2. The second-order valence-electron chi connectivity index (χ2n) is 8.26. The highest BCUT2D eigenvalue weighted by atomic mass is 16.5. The highest BCUT2D eigenvalue weighted by molar-refractivity contribution is 5.74. The summed E-state index contributed by atoms with van der Waals surface area (Å²) in [6, 6.07) is 6.21. The Bertz CT molecular complexity index is 633. The summed E-state index contributed by atoms with van der Waals surface area (Å²) >= 11 is 0. The molecule has 5 rings (SSSR count). The van der Waals surface area contributed by atoms with Gasteiger partial charge in [-0.05, 0) is 73.8 Å². The monoisotopic (exact) mass is 358 g/mol. The number of carbonyl (C=O) groups excluding carboxylic acids is 1. The molecule has 0 aromatic heterocycles. The van der Waals surface area contributed by atoms with Crippen LogP contribution in [-0.2, 0) is 6.42 Å². The molecule has 0 radical (unpaired) electrons. The lowest BCUT2D eigenvalue weighted by atomic mass is 9.54. The van der Waals surface area contributed by atoms with Gasteiger partial charge in [-0.2, -0.15) is 0 Å². The number of hydrogen-bond acceptors (Lipinski definition) is 3. The molecule has 0 spiro atoms. The number of ether oxygens (including phenoxy) is 2. The molecule has 26 heavy (non-hydrogen) atoms. The number of urea groups is 1. The topological polar surface area (TPSA) is 59.6 Å². The van der Waals surface area contributed by atoms with Gasteiger partial charge < -0.3 is 20.1 Å². The second-order valence-corrected chi connectivity index (χ2v) is 8.26. The first-order valence-corrected chi connectivity index (χ1v) is 9.92. The third kappa shape index (κ3) is 3.36. The molecule has 4 saturated carbocycles. The molecule has 4 bridgehead atoms. The third-order valence-corrected chi connectivity index (χ3v) is 6.69. The lowest BCUT2D eigenvalue weighted by Gasteiger charge is -2.54. The van der Waals surface area contributed by atoms with E-state index < -0.39 is 0 Å². The quantitative estimate of drug-likeness (QED) is 0.820. The Morgan fingerprint density at radius 1 is 1.04 bits per heavy atom. The van der Waals surface area contributed by atoms with Crippen LogP contribution in [0.25, 0.3) is 0 Å². The molecule has 0 aliphatic heterocycles. The Balaban J connectivity index is 1.29. The molecule has 4 aliphatic carbocycles. The summed E-state index contributed by atoms with van der Waals surface area (Å²) in [5.74, 6) is 4.74. The average molecular weight is 358 g/mol. The Morgan fingerprint density at radius 2 is 1.73 bits per heavy atom. The van der Waals surface area contributed by atoms with Crippen LogP contribution in [0.15, 0.2) is 18.2 Å². The van der Waals surface area contributed by atoms with Crippen LogP contribution in [0.5, 0.6) is 11.5 Å². The largest absolute Gasteiger partial charge is 0.493 e. The summed E-state index contributed by atoms with van der Waals surface area (Å²) in [7, 11) is 3.28. The van der Waals surface area contributed by atoms with Crippen LogP contribution in [0.4, 0.5) is 4.79 Å². The lowest BCUT2D eigenvalue weighted by Crippen LogP contribution is -2.57. The van der Waals surface area contributed by atoms with Crippen molar-refractivity contribution in [2.24, 2.45) is 23.7 Å². The van der Waals surface area contributed by atoms with Crippen molar-refractivity contribution < 1.29 is 14.3 Å². The van der Waals surface area contributed by atoms with E-state index in [1.165, 1.54) is 32.1 Å². The zero-order valence-corrected chi connectivity index (χ0v) is 15.8. The predicted octanol–water partition coefficient (Wildman–Crippen LogP) is 3.37. The van der Waals surface area contributed by atoms with Gasteiger partial charge in [-0.3, -0.25) is 0 Å². The number of benzene rings is 1. The molecule has 1 aromatic carbocycles. The molecule has 0 heterocycles. The van der Waals surface area contributed by atoms with Crippen LogP contribution >= 0.6 is 0 Å². The van der Waals surface area contributed by atoms with E-state index >= 15 is 0 Å². The summed E-state index contributed by atoms with van der Waals surface area (Å²) in [4.78, 5) is 12.4. The fourth-order valence-corrected chi connectivity index (χ4v) is 5.82. The number of methoxy groups -OCH3 is 2. The zero-order valence-electron chi connectivity index (χ0n) is 15.8. The van der Waals surface area contributed by atoms with Crippen LogP contribution in [0, 0.1) is 23.7 Å². The summed E-state index contributed by atoms with van der Waals surface area (Å²) < 4.78 is 10.8. The lowest BCUT2D eigenvalue weighted by molar-refractivity contribution is -0.00940. The van der Waals surface area contributed by atoms with E-state index in [0.717, 1.165) is 35.3 Å². The van der Waals surface area contributed by atoms with Crippen molar-refractivity contribution in [2.45, 2.75) is 44.6 Å². The van der Waals surface area contributed by atoms with Gasteiger partial charge in [0.15, 0.2) is 11.5 Å². The first-order valence-electron chi connectivity index (χ1n) is 9.92. The van der Waals surface area contributed by atoms with Crippen molar-refractivity contribution in [1.82, 2.24) is 10.6 Å². The summed E-state index contributed by atoms with van der Waals surface area (Å²) in [6.45, 7) is 0.586. The molecular formula is C21H30N2O3. The molecule has 4 aliphatic rings. The van der Waals surface area contributed by atoms with Gasteiger partial charge in [0.25, 0.3) is 0 Å². The van der Waals surface area contributed by atoms with Crippen LogP contribution in [0.3, 0.4) is 0 Å². The molecule has 5 nitrogen and oxygen atoms in total. The maximum absolute atomic E-state index is 12.4. The minimum absolute atomic E-state index is 0.0238. The fourth-order valence-electron chi connectivity index (χ4n) is 5.82. The normalized spacial score (nSPS) is 31.5. The maximum Gasteiger partial charge on any atom is 0.315 e. The fraction of sp³-hybridized carbons (Fsp3) is 0.667. The molecule has 2 amide bonds. The molecule has 2 N–H and O–H groups in total. The summed E-state index contributed by atoms with van der Waals surface area (Å²) in [6.07, 6.45) is 7.43. The molecule has 0 unspecified atom stereocenters. The second kappa shape index (κ2) is 7.37. The highest BCUT2D eigenvalue weighted by Crippen LogP contribution is 2.53. The smallest absolute Gasteiger partial charge is 0.315 e. The van der Waals surface area contributed by atoms with E-state index in [1.54, 1.807) is 14.2 Å². The van der Waals surface area contributed by atoms with E-state index in [-0.39, 0.29) is 6.03 Å². The van der Waals surface area contributed by atoms with Crippen LogP contribution in [0.2, 0.25) is 0 Å². The molecule has 0 saturated heterocycles. The number of rotatable bonds is 6. The van der Waals surface area contributed by atoms with Crippen molar-refractivity contribution in [2.75, 3.05) is 20.8 Å². The SMILES string of the molecule is COc1cccc(CCNC(=O)NC2C3CC4CC(C3)CC2C4)c1OC. The number of carbonyl (C=O) groups is 1.